The van der Waals surface area contributed by atoms with Gasteiger partial charge in [-0.15, -0.1) is 0 Å². The standard InChI is InChI=1S/C22H18ClF5N8O2/c1-9-31-19(38-35-9)20(2)15-16(29)32-14(8-30-17(15)33-18(20)37)36-13-4-3-10(23)7-11(13)12(34-36)5-6-21(24,25)22(26,27)28/h3-4,7-8,15H,5-6H2,1-2H3,(H2,29,32)(H,30,33,37). The number of amides is 1. The van der Waals surface area contributed by atoms with E-state index in [0.717, 1.165) is 0 Å². The van der Waals surface area contributed by atoms with Gasteiger partial charge >= 0.3 is 12.1 Å². The van der Waals surface area contributed by atoms with Crippen LogP contribution >= 0.6 is 11.6 Å². The lowest BCUT2D eigenvalue weighted by atomic mass is 9.78. The summed E-state index contributed by atoms with van der Waals surface area (Å²) < 4.78 is 71.9. The Labute approximate surface area is 215 Å². The maximum Gasteiger partial charge on any atom is 0.453 e. The molecule has 1 saturated heterocycles. The van der Waals surface area contributed by atoms with E-state index in [1.807, 2.05) is 0 Å². The molecule has 4 heterocycles. The molecule has 38 heavy (non-hydrogen) atoms. The molecule has 2 atom stereocenters. The van der Waals surface area contributed by atoms with E-state index in [2.05, 4.69) is 30.5 Å². The van der Waals surface area contributed by atoms with E-state index >= 15 is 0 Å². The molecule has 5 rings (SSSR count). The van der Waals surface area contributed by atoms with E-state index in [-0.39, 0.29) is 39.5 Å². The summed E-state index contributed by atoms with van der Waals surface area (Å²) in [6, 6.07) is 4.41. The molecule has 2 aromatic heterocycles. The number of carbonyl (C=O) groups is 1. The SMILES string of the molecule is Cc1noc(C2(C)C(=O)NC3=NC=C(n4nc(CCC(F)(F)C(F)(F)F)c5cc(Cl)ccc54)N=C(N)C32)n1. The summed E-state index contributed by atoms with van der Waals surface area (Å²) in [6.45, 7) is 3.12. The number of nitrogens with one attached hydrogen (secondary N) is 1. The molecule has 2 unspecified atom stereocenters. The Balaban J connectivity index is 1.57. The number of hydrogen-bond donors (Lipinski definition) is 2. The monoisotopic (exact) mass is 556 g/mol. The number of benzene rings is 1. The number of aromatic nitrogens is 4. The number of aliphatic imine (C=N–C) groups is 2. The third kappa shape index (κ3) is 4.01. The van der Waals surface area contributed by atoms with E-state index in [1.165, 1.54) is 29.1 Å². The Morgan fingerprint density at radius 2 is 2.00 bits per heavy atom. The van der Waals surface area contributed by atoms with Gasteiger partial charge in [0.05, 0.1) is 23.3 Å². The second-order valence-electron chi connectivity index (χ2n) is 9.00. The third-order valence-electron chi connectivity index (χ3n) is 6.42. The molecule has 3 aromatic rings. The van der Waals surface area contributed by atoms with Crippen molar-refractivity contribution in [1.29, 1.82) is 0 Å². The second kappa shape index (κ2) is 8.58. The molecule has 0 aliphatic carbocycles. The first-order chi connectivity index (χ1) is 17.7. The van der Waals surface area contributed by atoms with E-state index in [1.54, 1.807) is 13.8 Å². The summed E-state index contributed by atoms with van der Waals surface area (Å²) >= 11 is 6.06. The Morgan fingerprint density at radius 3 is 2.66 bits per heavy atom. The summed E-state index contributed by atoms with van der Waals surface area (Å²) in [5.41, 5.74) is 5.14. The largest absolute Gasteiger partial charge is 0.453 e. The molecular formula is C22H18ClF5N8O2. The normalized spacial score (nSPS) is 22.1. The summed E-state index contributed by atoms with van der Waals surface area (Å²) in [5.74, 6) is -5.95. The van der Waals surface area contributed by atoms with Gasteiger partial charge in [0.1, 0.15) is 17.1 Å². The maximum absolute atomic E-state index is 13.6. The molecule has 16 heteroatoms. The highest BCUT2D eigenvalue weighted by Crippen LogP contribution is 2.40. The Morgan fingerprint density at radius 1 is 1.26 bits per heavy atom. The zero-order valence-electron chi connectivity index (χ0n) is 19.6. The molecule has 10 nitrogen and oxygen atoms in total. The number of alkyl halides is 5. The Kier molecular flexibility index (Phi) is 5.81. The molecule has 2 aliphatic heterocycles. The summed E-state index contributed by atoms with van der Waals surface area (Å²) in [5, 5.41) is 11.1. The molecule has 1 aromatic carbocycles. The number of hydrogen-bond acceptors (Lipinski definition) is 8. The number of rotatable bonds is 5. The highest BCUT2D eigenvalue weighted by atomic mass is 35.5. The van der Waals surface area contributed by atoms with Crippen molar-refractivity contribution in [2.24, 2.45) is 21.6 Å². The van der Waals surface area contributed by atoms with Crippen LogP contribution in [0.5, 0.6) is 0 Å². The first-order valence-electron chi connectivity index (χ1n) is 11.1. The number of carbonyl (C=O) groups excluding carboxylic acids is 1. The van der Waals surface area contributed by atoms with E-state index < -0.39 is 42.2 Å². The number of nitrogens with two attached hydrogens (primary N) is 1. The fourth-order valence-corrected chi connectivity index (χ4v) is 4.55. The van der Waals surface area contributed by atoms with Crippen LogP contribution < -0.4 is 11.1 Å². The van der Waals surface area contributed by atoms with Gasteiger partial charge < -0.3 is 15.6 Å². The van der Waals surface area contributed by atoms with Crippen LogP contribution in [0.1, 0.15) is 30.8 Å². The van der Waals surface area contributed by atoms with Gasteiger partial charge in [-0.2, -0.15) is 32.0 Å². The van der Waals surface area contributed by atoms with E-state index in [9.17, 15) is 26.7 Å². The predicted octanol–water partition coefficient (Wildman–Crippen LogP) is 3.74. The molecule has 2 aliphatic rings. The predicted molar refractivity (Wildman–Crippen MR) is 125 cm³/mol. The van der Waals surface area contributed by atoms with Gasteiger partial charge in [0.25, 0.3) is 0 Å². The minimum absolute atomic E-state index is 0.00337. The number of halogens is 6. The Hall–Kier alpha value is -3.88. The number of fused-ring (bicyclic) bond motifs is 2. The second-order valence-corrected chi connectivity index (χ2v) is 9.43. The molecule has 0 radical (unpaired) electrons. The van der Waals surface area contributed by atoms with Crippen LogP contribution in [0.4, 0.5) is 22.0 Å². The van der Waals surface area contributed by atoms with E-state index in [4.69, 9.17) is 21.9 Å². The lowest BCUT2D eigenvalue weighted by molar-refractivity contribution is -0.284. The van der Waals surface area contributed by atoms with Crippen LogP contribution in [0.25, 0.3) is 16.7 Å². The van der Waals surface area contributed by atoms with Crippen LogP contribution in [0, 0.1) is 12.8 Å². The average molecular weight is 557 g/mol. The van der Waals surface area contributed by atoms with Crippen LogP contribution in [0.2, 0.25) is 5.02 Å². The number of nitrogens with zero attached hydrogens (tertiary/aromatic N) is 6. The molecule has 1 fully saturated rings. The van der Waals surface area contributed by atoms with Crippen molar-refractivity contribution >= 4 is 45.9 Å². The van der Waals surface area contributed by atoms with Gasteiger partial charge in [-0.25, -0.2) is 14.7 Å². The van der Waals surface area contributed by atoms with Crippen molar-refractivity contribution < 1.29 is 31.3 Å². The van der Waals surface area contributed by atoms with Crippen molar-refractivity contribution in [2.45, 2.75) is 44.2 Å². The van der Waals surface area contributed by atoms with Gasteiger partial charge in [-0.3, -0.25) is 4.79 Å². The van der Waals surface area contributed by atoms with Crippen molar-refractivity contribution in [1.82, 2.24) is 25.2 Å². The van der Waals surface area contributed by atoms with Crippen LogP contribution in [0.3, 0.4) is 0 Å². The van der Waals surface area contributed by atoms with Gasteiger partial charge in [-0.1, -0.05) is 16.8 Å². The van der Waals surface area contributed by atoms with E-state index in [0.29, 0.717) is 11.3 Å². The van der Waals surface area contributed by atoms with Gasteiger partial charge in [0, 0.05) is 16.8 Å². The highest BCUT2D eigenvalue weighted by molar-refractivity contribution is 6.31. The van der Waals surface area contributed by atoms with Gasteiger partial charge in [0.2, 0.25) is 11.8 Å². The molecule has 0 saturated carbocycles. The Bertz CT molecular complexity index is 1560. The summed E-state index contributed by atoms with van der Waals surface area (Å²) in [6.07, 6.45) is -6.68. The molecule has 0 bridgehead atoms. The topological polar surface area (TPSA) is 137 Å². The quantitative estimate of drug-likeness (QED) is 0.459. The third-order valence-corrected chi connectivity index (χ3v) is 6.66. The lowest BCUT2D eigenvalue weighted by Gasteiger charge is -2.23. The number of amidine groups is 2. The van der Waals surface area contributed by atoms with Crippen molar-refractivity contribution in [3.8, 4) is 0 Å². The van der Waals surface area contributed by atoms with Crippen LogP contribution in [-0.2, 0) is 16.6 Å². The fraction of sp³-hybridized carbons (Fsp3) is 0.364. The van der Waals surface area contributed by atoms with Crippen LogP contribution in [0.15, 0.2) is 38.9 Å². The molecule has 0 spiro atoms. The summed E-state index contributed by atoms with van der Waals surface area (Å²) in [7, 11) is 0. The minimum atomic E-state index is -5.70. The van der Waals surface area contributed by atoms with Crippen LogP contribution in [-0.4, -0.2) is 49.6 Å². The fourth-order valence-electron chi connectivity index (χ4n) is 4.38. The summed E-state index contributed by atoms with van der Waals surface area (Å²) in [4.78, 5) is 25.7. The molecular weight excluding hydrogens is 539 g/mol. The minimum Gasteiger partial charge on any atom is -0.386 e. The average Bonchev–Trinajstić information content (AvgIpc) is 3.45. The van der Waals surface area contributed by atoms with Crippen molar-refractivity contribution in [3.05, 3.63) is 46.8 Å². The first-order valence-corrected chi connectivity index (χ1v) is 11.5. The zero-order chi connectivity index (χ0) is 27.6. The number of aryl methyl sites for hydroxylation is 2. The highest BCUT2D eigenvalue weighted by Gasteiger charge is 2.58. The molecule has 1 amide bonds. The molecule has 200 valence electrons. The van der Waals surface area contributed by atoms with Crippen molar-refractivity contribution in [3.63, 3.8) is 0 Å². The van der Waals surface area contributed by atoms with Gasteiger partial charge in [-0.05, 0) is 38.5 Å². The van der Waals surface area contributed by atoms with Crippen molar-refractivity contribution in [2.75, 3.05) is 0 Å². The first kappa shape index (κ1) is 25.8. The smallest absolute Gasteiger partial charge is 0.386 e. The zero-order valence-corrected chi connectivity index (χ0v) is 20.4. The molecule has 3 N–H and O–H groups in total. The van der Waals surface area contributed by atoms with Gasteiger partial charge in [0.15, 0.2) is 11.6 Å². The lowest BCUT2D eigenvalue weighted by Crippen LogP contribution is -2.43. The maximum atomic E-state index is 13.6.